The van der Waals surface area contributed by atoms with Gasteiger partial charge in [-0.2, -0.15) is 0 Å². The normalized spacial score (nSPS) is 18.9. The molecule has 0 aromatic carbocycles. The molecule has 4 rings (SSSR count). The summed E-state index contributed by atoms with van der Waals surface area (Å²) in [6.07, 6.45) is 7.40. The summed E-state index contributed by atoms with van der Waals surface area (Å²) in [4.78, 5) is 25.6. The first-order chi connectivity index (χ1) is 13.8. The minimum Gasteiger partial charge on any atom is -0.378 e. The van der Waals surface area contributed by atoms with Crippen LogP contribution < -0.4 is 10.2 Å². The van der Waals surface area contributed by atoms with Crippen LogP contribution in [-0.4, -0.2) is 71.9 Å². The summed E-state index contributed by atoms with van der Waals surface area (Å²) >= 11 is 0. The summed E-state index contributed by atoms with van der Waals surface area (Å²) < 4.78 is 10.1. The number of rotatable bonds is 6. The molecule has 0 aliphatic carbocycles. The maximum Gasteiger partial charge on any atom is 0.273 e. The van der Waals surface area contributed by atoms with Gasteiger partial charge in [0.2, 0.25) is 5.95 Å². The largest absolute Gasteiger partial charge is 0.378 e. The molecule has 0 unspecified atom stereocenters. The number of nitrogens with one attached hydrogen (secondary N) is 1. The van der Waals surface area contributed by atoms with Crippen LogP contribution in [0.1, 0.15) is 28.9 Å². The van der Waals surface area contributed by atoms with Gasteiger partial charge in [0, 0.05) is 50.2 Å². The van der Waals surface area contributed by atoms with E-state index in [9.17, 15) is 4.79 Å². The Morgan fingerprint density at radius 3 is 2.57 bits per heavy atom. The molecule has 0 atom stereocenters. The van der Waals surface area contributed by atoms with Crippen LogP contribution in [0.15, 0.2) is 29.2 Å². The van der Waals surface area contributed by atoms with Crippen molar-refractivity contribution in [2.45, 2.75) is 19.4 Å². The molecule has 0 saturated carbocycles. The van der Waals surface area contributed by atoms with Crippen LogP contribution in [-0.2, 0) is 11.3 Å². The van der Waals surface area contributed by atoms with E-state index in [0.717, 1.165) is 70.3 Å². The Balaban J connectivity index is 1.19. The lowest BCUT2D eigenvalue weighted by Crippen LogP contribution is -2.38. The maximum atomic E-state index is 11.9. The summed E-state index contributed by atoms with van der Waals surface area (Å²) in [7, 11) is 0. The second-order valence-electron chi connectivity index (χ2n) is 7.30. The van der Waals surface area contributed by atoms with E-state index in [1.54, 1.807) is 6.07 Å². The first kappa shape index (κ1) is 18.8. The van der Waals surface area contributed by atoms with Crippen molar-refractivity contribution in [1.29, 1.82) is 0 Å². The molecule has 2 aliphatic rings. The standard InChI is InChI=1S/C19H26N6O3/c26-18(17-3-8-28-23-17)20-11-15-1-4-24(5-2-15)14-16-12-21-19(22-13-16)25-6-9-27-10-7-25/h3,8,12-13,15H,1-2,4-7,9-11,14H2,(H,20,26). The van der Waals surface area contributed by atoms with Crippen LogP contribution in [0.25, 0.3) is 0 Å². The van der Waals surface area contributed by atoms with Crippen LogP contribution in [0.2, 0.25) is 0 Å². The number of piperidine rings is 1. The van der Waals surface area contributed by atoms with Crippen LogP contribution in [0.4, 0.5) is 5.95 Å². The summed E-state index contributed by atoms with van der Waals surface area (Å²) in [5.41, 5.74) is 1.47. The first-order valence-corrected chi connectivity index (χ1v) is 9.82. The third kappa shape index (κ3) is 4.85. The zero-order chi connectivity index (χ0) is 19.2. The minimum absolute atomic E-state index is 0.173. The number of hydrogen-bond donors (Lipinski definition) is 1. The highest BCUT2D eigenvalue weighted by molar-refractivity contribution is 5.91. The molecule has 4 heterocycles. The van der Waals surface area contributed by atoms with Crippen LogP contribution in [0, 0.1) is 5.92 Å². The number of likely N-dealkylation sites (tertiary alicyclic amines) is 1. The number of hydrogen-bond acceptors (Lipinski definition) is 8. The molecule has 9 heteroatoms. The van der Waals surface area contributed by atoms with Crippen molar-refractivity contribution in [3.05, 3.63) is 36.0 Å². The quantitative estimate of drug-likeness (QED) is 0.784. The fourth-order valence-electron chi connectivity index (χ4n) is 3.62. The Kier molecular flexibility index (Phi) is 6.13. The van der Waals surface area contributed by atoms with Gasteiger partial charge in [0.05, 0.1) is 13.2 Å². The van der Waals surface area contributed by atoms with Gasteiger partial charge in [-0.15, -0.1) is 0 Å². The van der Waals surface area contributed by atoms with Gasteiger partial charge in [-0.05, 0) is 31.8 Å². The van der Waals surface area contributed by atoms with Gasteiger partial charge in [0.25, 0.3) is 5.91 Å². The molecule has 28 heavy (non-hydrogen) atoms. The Bertz CT molecular complexity index is 738. The number of ether oxygens (including phenoxy) is 1. The van der Waals surface area contributed by atoms with Crippen molar-refractivity contribution in [1.82, 2.24) is 25.3 Å². The topological polar surface area (TPSA) is 96.6 Å². The highest BCUT2D eigenvalue weighted by Crippen LogP contribution is 2.19. The molecule has 0 radical (unpaired) electrons. The van der Waals surface area contributed by atoms with Crippen LogP contribution >= 0.6 is 0 Å². The lowest BCUT2D eigenvalue weighted by atomic mass is 9.96. The van der Waals surface area contributed by atoms with Crippen LogP contribution in [0.5, 0.6) is 0 Å². The molecule has 2 aromatic heterocycles. The van der Waals surface area contributed by atoms with Crippen molar-refractivity contribution in [3.8, 4) is 0 Å². The van der Waals surface area contributed by atoms with Crippen molar-refractivity contribution in [2.24, 2.45) is 5.92 Å². The fourth-order valence-corrected chi connectivity index (χ4v) is 3.62. The van der Waals surface area contributed by atoms with Gasteiger partial charge in [0.1, 0.15) is 6.26 Å². The van der Waals surface area contributed by atoms with Gasteiger partial charge in [-0.25, -0.2) is 9.97 Å². The van der Waals surface area contributed by atoms with E-state index in [2.05, 4.69) is 30.2 Å². The fraction of sp³-hybridized carbons (Fsp3) is 0.579. The van der Waals surface area contributed by atoms with E-state index < -0.39 is 0 Å². The molecular weight excluding hydrogens is 360 g/mol. The third-order valence-electron chi connectivity index (χ3n) is 5.32. The molecule has 2 aromatic rings. The maximum absolute atomic E-state index is 11.9. The van der Waals surface area contributed by atoms with Crippen LogP contribution in [0.3, 0.4) is 0 Å². The highest BCUT2D eigenvalue weighted by Gasteiger charge is 2.21. The SMILES string of the molecule is O=C(NCC1CCN(Cc2cnc(N3CCOCC3)nc2)CC1)c1ccon1. The summed E-state index contributed by atoms with van der Waals surface area (Å²) in [6.45, 7) is 6.72. The van der Waals surface area contributed by atoms with E-state index >= 15 is 0 Å². The third-order valence-corrected chi connectivity index (χ3v) is 5.32. The second kappa shape index (κ2) is 9.11. The van der Waals surface area contributed by atoms with E-state index in [-0.39, 0.29) is 5.91 Å². The molecule has 0 spiro atoms. The molecule has 1 N–H and O–H groups in total. The summed E-state index contributed by atoms with van der Waals surface area (Å²) in [6, 6.07) is 1.57. The van der Waals surface area contributed by atoms with Crippen molar-refractivity contribution in [3.63, 3.8) is 0 Å². The summed E-state index contributed by atoms with van der Waals surface area (Å²) in [5.74, 6) is 1.11. The van der Waals surface area contributed by atoms with Gasteiger partial charge >= 0.3 is 0 Å². The van der Waals surface area contributed by atoms with E-state index in [0.29, 0.717) is 18.2 Å². The Morgan fingerprint density at radius 2 is 1.89 bits per heavy atom. The highest BCUT2D eigenvalue weighted by atomic mass is 16.5. The van der Waals surface area contributed by atoms with E-state index in [4.69, 9.17) is 9.26 Å². The molecule has 2 saturated heterocycles. The average molecular weight is 386 g/mol. The molecule has 1 amide bonds. The van der Waals surface area contributed by atoms with Gasteiger partial charge in [-0.1, -0.05) is 5.16 Å². The van der Waals surface area contributed by atoms with Gasteiger partial charge < -0.3 is 19.5 Å². The smallest absolute Gasteiger partial charge is 0.273 e. The van der Waals surface area contributed by atoms with Crippen molar-refractivity contribution < 1.29 is 14.1 Å². The van der Waals surface area contributed by atoms with Gasteiger partial charge in [-0.3, -0.25) is 9.69 Å². The number of carbonyl (C=O) groups excluding carboxylic acids is 1. The predicted molar refractivity (Wildman–Crippen MR) is 102 cm³/mol. The first-order valence-electron chi connectivity index (χ1n) is 9.82. The Labute approximate surface area is 164 Å². The predicted octanol–water partition coefficient (Wildman–Crippen LogP) is 0.943. The van der Waals surface area contributed by atoms with E-state index in [1.165, 1.54) is 6.26 Å². The Morgan fingerprint density at radius 1 is 1.14 bits per heavy atom. The van der Waals surface area contributed by atoms with E-state index in [1.807, 2.05) is 12.4 Å². The molecule has 0 bridgehead atoms. The minimum atomic E-state index is -0.173. The zero-order valence-electron chi connectivity index (χ0n) is 15.9. The summed E-state index contributed by atoms with van der Waals surface area (Å²) in [5, 5.41) is 6.60. The molecular formula is C19H26N6O3. The monoisotopic (exact) mass is 386 g/mol. The van der Waals surface area contributed by atoms with Crippen molar-refractivity contribution in [2.75, 3.05) is 50.8 Å². The number of nitrogens with zero attached hydrogens (tertiary/aromatic N) is 5. The number of amides is 1. The molecule has 2 aliphatic heterocycles. The Hall–Kier alpha value is -2.52. The van der Waals surface area contributed by atoms with Crippen molar-refractivity contribution >= 4 is 11.9 Å². The molecule has 9 nitrogen and oxygen atoms in total. The number of carbonyl (C=O) groups is 1. The lowest BCUT2D eigenvalue weighted by Gasteiger charge is -2.32. The lowest BCUT2D eigenvalue weighted by molar-refractivity contribution is 0.0926. The number of aromatic nitrogens is 3. The number of anilines is 1. The average Bonchev–Trinajstić information content (AvgIpc) is 3.29. The molecule has 2 fully saturated rings. The second-order valence-corrected chi connectivity index (χ2v) is 7.30. The zero-order valence-corrected chi connectivity index (χ0v) is 15.9. The number of morpholine rings is 1. The molecule has 150 valence electrons. The van der Waals surface area contributed by atoms with Gasteiger partial charge in [0.15, 0.2) is 5.69 Å².